The Bertz CT molecular complexity index is 353. The first-order valence-corrected chi connectivity index (χ1v) is 4.96. The number of nitrogens with one attached hydrogen (secondary N) is 1. The first kappa shape index (κ1) is 11.7. The fourth-order valence-corrected chi connectivity index (χ4v) is 1.20. The molecule has 0 atom stereocenters. The van der Waals surface area contributed by atoms with E-state index < -0.39 is 0 Å². The van der Waals surface area contributed by atoms with E-state index in [0.29, 0.717) is 6.61 Å². The van der Waals surface area contributed by atoms with E-state index in [1.807, 2.05) is 45.0 Å². The van der Waals surface area contributed by atoms with Crippen molar-refractivity contribution in [3.05, 3.63) is 35.4 Å². The van der Waals surface area contributed by atoms with Crippen molar-refractivity contribution >= 4 is 5.84 Å². The van der Waals surface area contributed by atoms with Crippen LogP contribution in [0.25, 0.3) is 0 Å². The van der Waals surface area contributed by atoms with E-state index in [4.69, 9.17) is 15.9 Å². The molecular formula is C12H18N2O. The summed E-state index contributed by atoms with van der Waals surface area (Å²) in [5, 5.41) is 7.43. The molecular weight excluding hydrogens is 188 g/mol. The lowest BCUT2D eigenvalue weighted by Crippen LogP contribution is -2.20. The Morgan fingerprint density at radius 2 is 1.93 bits per heavy atom. The van der Waals surface area contributed by atoms with Gasteiger partial charge in [0.2, 0.25) is 0 Å². The first-order valence-electron chi connectivity index (χ1n) is 4.96. The number of rotatable bonds is 3. The summed E-state index contributed by atoms with van der Waals surface area (Å²) in [4.78, 5) is 0. The molecule has 0 heterocycles. The third-order valence-electron chi connectivity index (χ3n) is 1.97. The SMILES string of the molecule is CC(C)(C)OCc1ccccc1C(=N)N. The largest absolute Gasteiger partial charge is 0.384 e. The number of hydrogen-bond donors (Lipinski definition) is 2. The fraction of sp³-hybridized carbons (Fsp3) is 0.417. The van der Waals surface area contributed by atoms with Crippen LogP contribution in [0.1, 0.15) is 31.9 Å². The van der Waals surface area contributed by atoms with Crippen LogP contribution in [0, 0.1) is 5.41 Å². The summed E-state index contributed by atoms with van der Waals surface area (Å²) < 4.78 is 5.65. The monoisotopic (exact) mass is 206 g/mol. The standard InChI is InChI=1S/C12H18N2O/c1-12(2,3)15-8-9-6-4-5-7-10(9)11(13)14/h4-7H,8H2,1-3H3,(H3,13,14). The van der Waals surface area contributed by atoms with Crippen molar-refractivity contribution in [2.75, 3.05) is 0 Å². The van der Waals surface area contributed by atoms with Crippen molar-refractivity contribution in [3.63, 3.8) is 0 Å². The van der Waals surface area contributed by atoms with Crippen molar-refractivity contribution in [1.29, 1.82) is 5.41 Å². The molecule has 3 N–H and O–H groups in total. The van der Waals surface area contributed by atoms with Crippen LogP contribution < -0.4 is 5.73 Å². The molecule has 3 nitrogen and oxygen atoms in total. The molecule has 0 aromatic heterocycles. The molecule has 0 radical (unpaired) electrons. The summed E-state index contributed by atoms with van der Waals surface area (Å²) in [6.07, 6.45) is 0. The normalized spacial score (nSPS) is 11.4. The van der Waals surface area contributed by atoms with Crippen LogP contribution >= 0.6 is 0 Å². The van der Waals surface area contributed by atoms with Crippen molar-refractivity contribution < 1.29 is 4.74 Å². The Kier molecular flexibility index (Phi) is 3.48. The molecule has 0 bridgehead atoms. The van der Waals surface area contributed by atoms with Gasteiger partial charge in [-0.05, 0) is 26.3 Å². The lowest BCUT2D eigenvalue weighted by Gasteiger charge is -2.20. The Balaban J connectivity index is 2.81. The van der Waals surface area contributed by atoms with Crippen LogP contribution in [0.5, 0.6) is 0 Å². The smallest absolute Gasteiger partial charge is 0.123 e. The van der Waals surface area contributed by atoms with Crippen molar-refractivity contribution in [2.45, 2.75) is 33.0 Å². The molecule has 0 aliphatic rings. The second kappa shape index (κ2) is 4.45. The molecule has 0 unspecified atom stereocenters. The van der Waals surface area contributed by atoms with Gasteiger partial charge in [-0.15, -0.1) is 0 Å². The minimum Gasteiger partial charge on any atom is -0.384 e. The highest BCUT2D eigenvalue weighted by molar-refractivity contribution is 5.96. The van der Waals surface area contributed by atoms with Crippen LogP contribution in [-0.4, -0.2) is 11.4 Å². The van der Waals surface area contributed by atoms with Crippen LogP contribution in [0.2, 0.25) is 0 Å². The summed E-state index contributed by atoms with van der Waals surface area (Å²) in [5.41, 5.74) is 7.01. The molecule has 0 saturated heterocycles. The number of hydrogen-bond acceptors (Lipinski definition) is 2. The predicted molar refractivity (Wildman–Crippen MR) is 62.0 cm³/mol. The average molecular weight is 206 g/mol. The molecule has 1 rings (SSSR count). The Morgan fingerprint density at radius 3 is 2.47 bits per heavy atom. The van der Waals surface area contributed by atoms with Gasteiger partial charge in [0.25, 0.3) is 0 Å². The number of amidine groups is 1. The van der Waals surface area contributed by atoms with Gasteiger partial charge in [-0.25, -0.2) is 0 Å². The maximum Gasteiger partial charge on any atom is 0.123 e. The summed E-state index contributed by atoms with van der Waals surface area (Å²) in [7, 11) is 0. The van der Waals surface area contributed by atoms with E-state index in [1.54, 1.807) is 0 Å². The van der Waals surface area contributed by atoms with E-state index >= 15 is 0 Å². The highest BCUT2D eigenvalue weighted by atomic mass is 16.5. The minimum absolute atomic E-state index is 0.0862. The summed E-state index contributed by atoms with van der Waals surface area (Å²) in [6.45, 7) is 6.50. The minimum atomic E-state index is -0.177. The van der Waals surface area contributed by atoms with Crippen molar-refractivity contribution in [2.24, 2.45) is 5.73 Å². The summed E-state index contributed by atoms with van der Waals surface area (Å²) in [6, 6.07) is 7.57. The summed E-state index contributed by atoms with van der Waals surface area (Å²) >= 11 is 0. The number of benzene rings is 1. The third-order valence-corrected chi connectivity index (χ3v) is 1.97. The van der Waals surface area contributed by atoms with Gasteiger partial charge in [-0.2, -0.15) is 0 Å². The molecule has 0 aliphatic carbocycles. The Labute approximate surface area is 90.8 Å². The molecule has 15 heavy (non-hydrogen) atoms. The van der Waals surface area contributed by atoms with E-state index in [1.165, 1.54) is 0 Å². The average Bonchev–Trinajstić information content (AvgIpc) is 2.14. The van der Waals surface area contributed by atoms with Gasteiger partial charge < -0.3 is 10.5 Å². The quantitative estimate of drug-likeness (QED) is 0.589. The van der Waals surface area contributed by atoms with E-state index in [2.05, 4.69) is 0 Å². The summed E-state index contributed by atoms with van der Waals surface area (Å²) in [5.74, 6) is 0.0862. The van der Waals surface area contributed by atoms with Gasteiger partial charge in [-0.1, -0.05) is 24.3 Å². The zero-order valence-corrected chi connectivity index (χ0v) is 9.50. The molecule has 82 valence electrons. The molecule has 3 heteroatoms. The van der Waals surface area contributed by atoms with Crippen LogP contribution in [0.3, 0.4) is 0 Å². The molecule has 0 saturated carbocycles. The topological polar surface area (TPSA) is 59.1 Å². The van der Waals surface area contributed by atoms with Crippen molar-refractivity contribution in [3.8, 4) is 0 Å². The number of ether oxygens (including phenoxy) is 1. The van der Waals surface area contributed by atoms with Crippen LogP contribution in [-0.2, 0) is 11.3 Å². The van der Waals surface area contributed by atoms with Gasteiger partial charge in [0, 0.05) is 5.56 Å². The van der Waals surface area contributed by atoms with Crippen molar-refractivity contribution in [1.82, 2.24) is 0 Å². The van der Waals surface area contributed by atoms with E-state index in [0.717, 1.165) is 11.1 Å². The zero-order valence-electron chi connectivity index (χ0n) is 9.50. The first-order chi connectivity index (χ1) is 6.90. The Hall–Kier alpha value is -1.35. The molecule has 1 aromatic rings. The van der Waals surface area contributed by atoms with Gasteiger partial charge in [-0.3, -0.25) is 5.41 Å². The molecule has 1 aromatic carbocycles. The van der Waals surface area contributed by atoms with Gasteiger partial charge in [0.05, 0.1) is 12.2 Å². The maximum atomic E-state index is 7.43. The fourth-order valence-electron chi connectivity index (χ4n) is 1.20. The molecule has 0 amide bonds. The second-order valence-electron chi connectivity index (χ2n) is 4.47. The predicted octanol–water partition coefficient (Wildman–Crippen LogP) is 2.29. The lowest BCUT2D eigenvalue weighted by atomic mass is 10.1. The molecule has 0 spiro atoms. The van der Waals surface area contributed by atoms with Gasteiger partial charge in [0.15, 0.2) is 0 Å². The lowest BCUT2D eigenvalue weighted by molar-refractivity contribution is -0.0150. The third kappa shape index (κ3) is 3.72. The van der Waals surface area contributed by atoms with Gasteiger partial charge >= 0.3 is 0 Å². The second-order valence-corrected chi connectivity index (χ2v) is 4.47. The van der Waals surface area contributed by atoms with Crippen LogP contribution in [0.4, 0.5) is 0 Å². The maximum absolute atomic E-state index is 7.43. The van der Waals surface area contributed by atoms with E-state index in [-0.39, 0.29) is 11.4 Å². The molecule has 0 fully saturated rings. The highest BCUT2D eigenvalue weighted by Gasteiger charge is 2.12. The Morgan fingerprint density at radius 1 is 1.33 bits per heavy atom. The number of nitrogen functional groups attached to an aromatic ring is 1. The number of nitrogens with two attached hydrogens (primary N) is 1. The zero-order chi connectivity index (χ0) is 11.5. The van der Waals surface area contributed by atoms with E-state index in [9.17, 15) is 0 Å². The van der Waals surface area contributed by atoms with Crippen LogP contribution in [0.15, 0.2) is 24.3 Å². The molecule has 0 aliphatic heterocycles. The van der Waals surface area contributed by atoms with Gasteiger partial charge in [0.1, 0.15) is 5.84 Å². The highest BCUT2D eigenvalue weighted by Crippen LogP contribution is 2.14.